The first-order valence-electron chi connectivity index (χ1n) is 12.1. The second-order valence-corrected chi connectivity index (χ2v) is 14.0. The molecule has 1 atom stereocenters. The lowest BCUT2D eigenvalue weighted by Gasteiger charge is -2.35. The van der Waals surface area contributed by atoms with Crippen LogP contribution in [0.4, 0.5) is 10.1 Å². The molecular weight excluding hydrogens is 505 g/mol. The molecule has 36 heavy (non-hydrogen) atoms. The standard InChI is InChI=1S/C25H32FN3O5S2/c1-19(2)17-29(23-10-15-35(31,32)18-23)25(30)20-4-3-5-24(16-20)36(33,34)28-13-11-27(12-14-28)22-8-6-21(26)7-9-22/h3-9,16,19,23H,10-15,17-18H2,1-2H3/t23-/m0/s1. The molecule has 11 heteroatoms. The van der Waals surface area contributed by atoms with Crippen LogP contribution in [0.15, 0.2) is 53.4 Å². The Morgan fingerprint density at radius 1 is 1.08 bits per heavy atom. The summed E-state index contributed by atoms with van der Waals surface area (Å²) in [6.07, 6.45) is 0.386. The highest BCUT2D eigenvalue weighted by Gasteiger charge is 2.36. The summed E-state index contributed by atoms with van der Waals surface area (Å²) in [4.78, 5) is 17.1. The third kappa shape index (κ3) is 5.90. The Kier molecular flexibility index (Phi) is 7.72. The molecule has 0 aliphatic carbocycles. The number of hydrogen-bond donors (Lipinski definition) is 0. The van der Waals surface area contributed by atoms with E-state index >= 15 is 0 Å². The Balaban J connectivity index is 1.50. The summed E-state index contributed by atoms with van der Waals surface area (Å²) in [5.41, 5.74) is 1.06. The highest BCUT2D eigenvalue weighted by molar-refractivity contribution is 7.91. The second kappa shape index (κ2) is 10.5. The molecule has 1 amide bonds. The van der Waals surface area contributed by atoms with Gasteiger partial charge in [-0.25, -0.2) is 21.2 Å². The Bertz CT molecular complexity index is 1310. The molecule has 4 rings (SSSR count). The molecule has 0 N–H and O–H groups in total. The van der Waals surface area contributed by atoms with Crippen LogP contribution in [0.2, 0.25) is 0 Å². The molecule has 0 aromatic heterocycles. The lowest BCUT2D eigenvalue weighted by atomic mass is 10.1. The van der Waals surface area contributed by atoms with Gasteiger partial charge in [-0.05, 0) is 54.8 Å². The van der Waals surface area contributed by atoms with E-state index in [1.165, 1.54) is 28.6 Å². The minimum absolute atomic E-state index is 0.0344. The molecule has 8 nitrogen and oxygen atoms in total. The third-order valence-corrected chi connectivity index (χ3v) is 10.3. The average Bonchev–Trinajstić information content (AvgIpc) is 3.22. The number of amides is 1. The molecule has 2 aromatic rings. The van der Waals surface area contributed by atoms with E-state index in [0.29, 0.717) is 26.1 Å². The fourth-order valence-corrected chi connectivity index (χ4v) is 7.95. The first kappa shape index (κ1) is 26.6. The van der Waals surface area contributed by atoms with Crippen LogP contribution >= 0.6 is 0 Å². The van der Waals surface area contributed by atoms with Crippen LogP contribution in [0.25, 0.3) is 0 Å². The molecule has 0 radical (unpaired) electrons. The molecule has 2 heterocycles. The zero-order valence-electron chi connectivity index (χ0n) is 20.5. The lowest BCUT2D eigenvalue weighted by molar-refractivity contribution is 0.0672. The predicted octanol–water partition coefficient (Wildman–Crippen LogP) is 2.62. The van der Waals surface area contributed by atoms with Crippen molar-refractivity contribution < 1.29 is 26.0 Å². The van der Waals surface area contributed by atoms with Crippen LogP contribution in [0, 0.1) is 11.7 Å². The Morgan fingerprint density at radius 2 is 1.75 bits per heavy atom. The number of sulfone groups is 1. The third-order valence-electron chi connectivity index (χ3n) is 6.62. The summed E-state index contributed by atoms with van der Waals surface area (Å²) in [6.45, 7) is 5.74. The minimum atomic E-state index is -3.84. The molecule has 196 valence electrons. The molecule has 2 aromatic carbocycles. The van der Waals surface area contributed by atoms with E-state index in [2.05, 4.69) is 0 Å². The second-order valence-electron chi connectivity index (χ2n) is 9.80. The van der Waals surface area contributed by atoms with Crippen molar-refractivity contribution in [2.45, 2.75) is 31.2 Å². The number of rotatable bonds is 7. The number of carbonyl (C=O) groups excluding carboxylic acids is 1. The van der Waals surface area contributed by atoms with Gasteiger partial charge in [-0.2, -0.15) is 4.31 Å². The van der Waals surface area contributed by atoms with E-state index in [1.807, 2.05) is 18.7 Å². The summed E-state index contributed by atoms with van der Waals surface area (Å²) in [6, 6.07) is 11.7. The summed E-state index contributed by atoms with van der Waals surface area (Å²) in [5.74, 6) is -0.568. The van der Waals surface area contributed by atoms with E-state index in [1.54, 1.807) is 29.2 Å². The normalized spacial score (nSPS) is 20.6. The van der Waals surface area contributed by atoms with Crippen LogP contribution in [0.5, 0.6) is 0 Å². The van der Waals surface area contributed by atoms with Gasteiger partial charge in [-0.3, -0.25) is 4.79 Å². The Labute approximate surface area is 212 Å². The average molecular weight is 538 g/mol. The Hall–Kier alpha value is -2.50. The number of carbonyl (C=O) groups is 1. The van der Waals surface area contributed by atoms with Crippen molar-refractivity contribution in [1.29, 1.82) is 0 Å². The molecule has 0 spiro atoms. The Morgan fingerprint density at radius 3 is 2.33 bits per heavy atom. The van der Waals surface area contributed by atoms with Crippen molar-refractivity contribution >= 4 is 31.5 Å². The first-order valence-corrected chi connectivity index (χ1v) is 15.3. The van der Waals surface area contributed by atoms with Crippen LogP contribution in [0.3, 0.4) is 0 Å². The topological polar surface area (TPSA) is 95.1 Å². The van der Waals surface area contributed by atoms with Gasteiger partial charge in [0.25, 0.3) is 5.91 Å². The number of nitrogens with zero attached hydrogens (tertiary/aromatic N) is 3. The molecule has 2 aliphatic heterocycles. The molecular formula is C25H32FN3O5S2. The van der Waals surface area contributed by atoms with Crippen LogP contribution in [0.1, 0.15) is 30.6 Å². The highest BCUT2D eigenvalue weighted by atomic mass is 32.2. The first-order chi connectivity index (χ1) is 17.0. The van der Waals surface area contributed by atoms with Crippen molar-refractivity contribution in [2.75, 3.05) is 49.1 Å². The summed E-state index contributed by atoms with van der Waals surface area (Å²) in [5, 5.41) is 0. The summed E-state index contributed by atoms with van der Waals surface area (Å²) >= 11 is 0. The maximum absolute atomic E-state index is 13.4. The highest BCUT2D eigenvalue weighted by Crippen LogP contribution is 2.25. The fraction of sp³-hybridized carbons (Fsp3) is 0.480. The zero-order chi connectivity index (χ0) is 26.1. The van der Waals surface area contributed by atoms with Gasteiger partial charge in [0.2, 0.25) is 10.0 Å². The van der Waals surface area contributed by atoms with Gasteiger partial charge < -0.3 is 9.80 Å². The van der Waals surface area contributed by atoms with Gasteiger partial charge in [-0.15, -0.1) is 0 Å². The van der Waals surface area contributed by atoms with Crippen molar-refractivity contribution in [3.63, 3.8) is 0 Å². The molecule has 2 aliphatic rings. The summed E-state index contributed by atoms with van der Waals surface area (Å²) in [7, 11) is -7.02. The number of hydrogen-bond acceptors (Lipinski definition) is 6. The number of halogens is 1. The fourth-order valence-electron chi connectivity index (χ4n) is 4.76. The molecule has 2 saturated heterocycles. The largest absolute Gasteiger partial charge is 0.369 e. The van der Waals surface area contributed by atoms with Crippen LogP contribution < -0.4 is 4.90 Å². The molecule has 0 saturated carbocycles. The van der Waals surface area contributed by atoms with E-state index < -0.39 is 25.9 Å². The molecule has 0 bridgehead atoms. The SMILES string of the molecule is CC(C)CN(C(=O)c1cccc(S(=O)(=O)N2CCN(c3ccc(F)cc3)CC2)c1)[C@H]1CCS(=O)(=O)C1. The van der Waals surface area contributed by atoms with Crippen molar-refractivity contribution in [2.24, 2.45) is 5.92 Å². The van der Waals surface area contributed by atoms with Crippen LogP contribution in [-0.4, -0.2) is 82.2 Å². The van der Waals surface area contributed by atoms with E-state index in [0.717, 1.165) is 5.69 Å². The van der Waals surface area contributed by atoms with Crippen molar-refractivity contribution in [3.8, 4) is 0 Å². The van der Waals surface area contributed by atoms with Crippen molar-refractivity contribution in [3.05, 3.63) is 59.9 Å². The van der Waals surface area contributed by atoms with E-state index in [4.69, 9.17) is 0 Å². The maximum atomic E-state index is 13.4. The van der Waals surface area contributed by atoms with Crippen LogP contribution in [-0.2, 0) is 19.9 Å². The van der Waals surface area contributed by atoms with Gasteiger partial charge in [0.15, 0.2) is 9.84 Å². The van der Waals surface area contributed by atoms with Gasteiger partial charge in [-0.1, -0.05) is 19.9 Å². The monoisotopic (exact) mass is 537 g/mol. The quantitative estimate of drug-likeness (QED) is 0.539. The van der Waals surface area contributed by atoms with Gasteiger partial charge >= 0.3 is 0 Å². The number of benzene rings is 2. The van der Waals surface area contributed by atoms with Gasteiger partial charge in [0, 0.05) is 50.0 Å². The van der Waals surface area contributed by atoms with E-state index in [-0.39, 0.29) is 52.7 Å². The number of piperazine rings is 1. The molecule has 2 fully saturated rings. The predicted molar refractivity (Wildman–Crippen MR) is 137 cm³/mol. The maximum Gasteiger partial charge on any atom is 0.254 e. The van der Waals surface area contributed by atoms with E-state index in [9.17, 15) is 26.0 Å². The van der Waals surface area contributed by atoms with Gasteiger partial charge in [0.05, 0.1) is 16.4 Å². The smallest absolute Gasteiger partial charge is 0.254 e. The number of anilines is 1. The minimum Gasteiger partial charge on any atom is -0.369 e. The van der Waals surface area contributed by atoms with Gasteiger partial charge in [0.1, 0.15) is 5.82 Å². The lowest BCUT2D eigenvalue weighted by Crippen LogP contribution is -2.48. The number of sulfonamides is 1. The molecule has 0 unspecified atom stereocenters. The van der Waals surface area contributed by atoms with Crippen molar-refractivity contribution in [1.82, 2.24) is 9.21 Å². The summed E-state index contributed by atoms with van der Waals surface area (Å²) < 4.78 is 65.5. The zero-order valence-corrected chi connectivity index (χ0v) is 22.1.